The van der Waals surface area contributed by atoms with Crippen LogP contribution >= 0.6 is 11.6 Å². The molecular formula is C36H37ClF3NO5. The lowest BCUT2D eigenvalue weighted by atomic mass is 10.1. The lowest BCUT2D eigenvalue weighted by Crippen LogP contribution is -2.31. The molecule has 1 heterocycles. The molecule has 0 aliphatic carbocycles. The molecule has 10 heteroatoms. The first-order chi connectivity index (χ1) is 21.6. The molecule has 0 fully saturated rings. The maximum Gasteiger partial charge on any atom is 0.453 e. The van der Waals surface area contributed by atoms with E-state index in [1.54, 1.807) is 13.0 Å². The van der Waals surface area contributed by atoms with Crippen LogP contribution < -0.4 is 14.9 Å². The Morgan fingerprint density at radius 2 is 1.63 bits per heavy atom. The van der Waals surface area contributed by atoms with Crippen LogP contribution in [-0.2, 0) is 17.5 Å². The molecule has 6 nitrogen and oxygen atoms in total. The van der Waals surface area contributed by atoms with Crippen LogP contribution in [0.1, 0.15) is 55.7 Å². The van der Waals surface area contributed by atoms with Crippen LogP contribution in [0.2, 0.25) is 5.02 Å². The second-order valence-corrected chi connectivity index (χ2v) is 12.6. The van der Waals surface area contributed by atoms with E-state index in [-0.39, 0.29) is 46.4 Å². The number of esters is 1. The molecule has 0 N–H and O–H groups in total. The minimum absolute atomic E-state index is 0.00905. The van der Waals surface area contributed by atoms with Crippen molar-refractivity contribution in [1.29, 1.82) is 0 Å². The molecule has 0 aliphatic rings. The molecule has 1 aromatic heterocycles. The number of nitrogens with zero attached hydrogens (tertiary/aromatic N) is 1. The van der Waals surface area contributed by atoms with Crippen LogP contribution in [0.4, 0.5) is 13.2 Å². The van der Waals surface area contributed by atoms with E-state index in [9.17, 15) is 22.8 Å². The molecule has 0 saturated carbocycles. The van der Waals surface area contributed by atoms with Gasteiger partial charge in [0.2, 0.25) is 11.2 Å². The molecule has 4 rings (SSSR count). The van der Waals surface area contributed by atoms with E-state index in [1.807, 2.05) is 63.8 Å². The van der Waals surface area contributed by atoms with Crippen molar-refractivity contribution in [2.45, 2.75) is 54.3 Å². The van der Waals surface area contributed by atoms with Gasteiger partial charge in [0.25, 0.3) is 5.76 Å². The Hall–Kier alpha value is -4.08. The smallest absolute Gasteiger partial charge is 0.449 e. The maximum absolute atomic E-state index is 14.5. The largest absolute Gasteiger partial charge is 0.453 e. The maximum atomic E-state index is 14.5. The third-order valence-electron chi connectivity index (χ3n) is 7.01. The number of alkyl halides is 3. The molecule has 0 radical (unpaired) electrons. The highest BCUT2D eigenvalue weighted by molar-refractivity contribution is 6.31. The van der Waals surface area contributed by atoms with Gasteiger partial charge in [-0.2, -0.15) is 13.2 Å². The minimum atomic E-state index is -5.08. The van der Waals surface area contributed by atoms with Gasteiger partial charge in [-0.15, -0.1) is 0 Å². The number of hydrogen-bond donors (Lipinski definition) is 0. The van der Waals surface area contributed by atoms with Gasteiger partial charge in [-0.05, 0) is 73.2 Å². The van der Waals surface area contributed by atoms with Crippen molar-refractivity contribution in [3.8, 4) is 17.2 Å². The molecule has 0 saturated heterocycles. The Morgan fingerprint density at radius 3 is 2.22 bits per heavy atom. The highest BCUT2D eigenvalue weighted by atomic mass is 35.5. The number of rotatable bonds is 11. The summed E-state index contributed by atoms with van der Waals surface area (Å²) in [6.45, 7) is 13.0. The highest BCUT2D eigenvalue weighted by Crippen LogP contribution is 2.41. The minimum Gasteiger partial charge on any atom is -0.449 e. The topological polar surface area (TPSA) is 69.0 Å². The van der Waals surface area contributed by atoms with Crippen LogP contribution in [0.5, 0.6) is 17.2 Å². The van der Waals surface area contributed by atoms with Crippen molar-refractivity contribution in [2.75, 3.05) is 13.1 Å². The molecule has 0 spiro atoms. The van der Waals surface area contributed by atoms with Crippen molar-refractivity contribution in [3.05, 3.63) is 104 Å². The number of ether oxygens (including phenoxy) is 2. The second kappa shape index (κ2) is 14.6. The number of benzene rings is 3. The van der Waals surface area contributed by atoms with Crippen molar-refractivity contribution in [2.24, 2.45) is 11.8 Å². The highest BCUT2D eigenvalue weighted by Gasteiger charge is 2.41. The van der Waals surface area contributed by atoms with Crippen molar-refractivity contribution in [3.63, 3.8) is 0 Å². The summed E-state index contributed by atoms with van der Waals surface area (Å²) in [4.78, 5) is 28.7. The number of carbonyl (C=O) groups is 1. The lowest BCUT2D eigenvalue weighted by molar-refractivity contribution is -0.154. The first-order valence-corrected chi connectivity index (χ1v) is 15.3. The fourth-order valence-corrected chi connectivity index (χ4v) is 5.16. The number of fused-ring (bicyclic) bond motifs is 1. The molecule has 0 atom stereocenters. The number of carbonyl (C=O) groups excluding carboxylic acids is 1. The standard InChI is InChI=1S/C36H37ClF3NO5/c1-21(2)18-41(19-22(3)4)20-28-30(45-31(42)16-11-25-9-7-23(5)8-10-25)15-13-27-32(43)34(35(36(38,39)40)46-33(27)28)44-26-12-14-29(37)24(6)17-26/h7-17,21-22H,18-20H2,1-6H3/b16-11+. The number of aryl methyl sites for hydroxylation is 2. The van der Waals surface area contributed by atoms with Gasteiger partial charge in [-0.25, -0.2) is 4.79 Å². The van der Waals surface area contributed by atoms with Crippen LogP contribution in [-0.4, -0.2) is 24.0 Å². The summed E-state index contributed by atoms with van der Waals surface area (Å²) in [7, 11) is 0. The molecule has 0 amide bonds. The first kappa shape index (κ1) is 34.8. The summed E-state index contributed by atoms with van der Waals surface area (Å²) < 4.78 is 60.3. The Labute approximate surface area is 271 Å². The fourth-order valence-electron chi connectivity index (χ4n) is 5.05. The predicted molar refractivity (Wildman–Crippen MR) is 175 cm³/mol. The van der Waals surface area contributed by atoms with E-state index in [4.69, 9.17) is 25.5 Å². The summed E-state index contributed by atoms with van der Waals surface area (Å²) in [6.07, 6.45) is -2.27. The lowest BCUT2D eigenvalue weighted by Gasteiger charge is -2.27. The third kappa shape index (κ3) is 8.79. The second-order valence-electron chi connectivity index (χ2n) is 12.2. The predicted octanol–water partition coefficient (Wildman–Crippen LogP) is 9.61. The molecule has 0 unspecified atom stereocenters. The third-order valence-corrected chi connectivity index (χ3v) is 7.44. The summed E-state index contributed by atoms with van der Waals surface area (Å²) in [5.74, 6) is -2.92. The average molecular weight is 656 g/mol. The van der Waals surface area contributed by atoms with Crippen LogP contribution in [0.15, 0.2) is 69.9 Å². The monoisotopic (exact) mass is 655 g/mol. The van der Waals surface area contributed by atoms with Crippen molar-refractivity contribution < 1.29 is 31.9 Å². The van der Waals surface area contributed by atoms with Crippen LogP contribution in [0.3, 0.4) is 0 Å². The molecule has 244 valence electrons. The quantitative estimate of drug-likeness (QED) is 0.0911. The van der Waals surface area contributed by atoms with E-state index >= 15 is 0 Å². The van der Waals surface area contributed by atoms with Crippen molar-refractivity contribution >= 4 is 34.6 Å². The van der Waals surface area contributed by atoms with Gasteiger partial charge in [0.1, 0.15) is 17.1 Å². The van der Waals surface area contributed by atoms with E-state index in [1.165, 1.54) is 36.4 Å². The molecule has 0 bridgehead atoms. The summed E-state index contributed by atoms with van der Waals surface area (Å²) in [5, 5.41) is 0.245. The van der Waals surface area contributed by atoms with Gasteiger partial charge in [0, 0.05) is 30.7 Å². The molecule has 0 aliphatic heterocycles. The van der Waals surface area contributed by atoms with Gasteiger partial charge in [0.05, 0.1) is 10.9 Å². The zero-order valence-corrected chi connectivity index (χ0v) is 27.4. The molecule has 3 aromatic carbocycles. The SMILES string of the molecule is Cc1ccc(/C=C/C(=O)Oc2ccc3c(=O)c(Oc4ccc(Cl)c(C)c4)c(C(F)(F)F)oc3c2CN(CC(C)C)CC(C)C)cc1. The molecule has 46 heavy (non-hydrogen) atoms. The van der Waals surface area contributed by atoms with Crippen molar-refractivity contribution in [1.82, 2.24) is 4.90 Å². The van der Waals surface area contributed by atoms with E-state index in [0.717, 1.165) is 11.1 Å². The fraction of sp³-hybridized carbons (Fsp3) is 0.333. The van der Waals surface area contributed by atoms with E-state index in [2.05, 4.69) is 0 Å². The number of hydrogen-bond acceptors (Lipinski definition) is 6. The summed E-state index contributed by atoms with van der Waals surface area (Å²) >= 11 is 6.07. The Kier molecular flexibility index (Phi) is 11.0. The zero-order valence-electron chi connectivity index (χ0n) is 26.6. The Bertz CT molecular complexity index is 1780. The Morgan fingerprint density at radius 1 is 0.978 bits per heavy atom. The van der Waals surface area contributed by atoms with E-state index < -0.39 is 29.1 Å². The molecular weight excluding hydrogens is 619 g/mol. The van der Waals surface area contributed by atoms with Gasteiger partial charge >= 0.3 is 12.1 Å². The summed E-state index contributed by atoms with van der Waals surface area (Å²) in [6, 6.07) is 14.4. The normalized spacial score (nSPS) is 12.2. The molecule has 4 aromatic rings. The first-order valence-electron chi connectivity index (χ1n) is 14.9. The zero-order chi connectivity index (χ0) is 33.8. The van der Waals surface area contributed by atoms with E-state index in [0.29, 0.717) is 23.7 Å². The number of halogens is 4. The summed E-state index contributed by atoms with van der Waals surface area (Å²) in [5.41, 5.74) is 1.18. The van der Waals surface area contributed by atoms with Crippen LogP contribution in [0.25, 0.3) is 17.0 Å². The Balaban J connectivity index is 1.87. The van der Waals surface area contributed by atoms with Gasteiger partial charge in [0.15, 0.2) is 0 Å². The van der Waals surface area contributed by atoms with Gasteiger partial charge < -0.3 is 13.9 Å². The van der Waals surface area contributed by atoms with Gasteiger partial charge in [-0.3, -0.25) is 9.69 Å². The average Bonchev–Trinajstić information content (AvgIpc) is 2.96. The van der Waals surface area contributed by atoms with Crippen LogP contribution in [0, 0.1) is 25.7 Å². The van der Waals surface area contributed by atoms with Gasteiger partial charge in [-0.1, -0.05) is 69.1 Å².